The molecule has 0 spiro atoms. The number of amides is 2. The average molecular weight is 317 g/mol. The van der Waals surface area contributed by atoms with Gasteiger partial charge in [-0.15, -0.1) is 0 Å². The zero-order valence-corrected chi connectivity index (χ0v) is 12.8. The first-order valence-corrected chi connectivity index (χ1v) is 7.83. The van der Waals surface area contributed by atoms with Gasteiger partial charge in [0.25, 0.3) is 0 Å². The second kappa shape index (κ2) is 8.01. The maximum absolute atomic E-state index is 11.8. The van der Waals surface area contributed by atoms with E-state index in [1.807, 2.05) is 13.2 Å². The number of anilines is 1. The number of nitrogens with one attached hydrogen (secondary N) is 2. The monoisotopic (exact) mass is 316 g/mol. The lowest BCUT2D eigenvalue weighted by Gasteiger charge is -2.16. The molecule has 1 unspecified atom stereocenters. The molecular weight excluding hydrogens is 300 g/mol. The number of urea groups is 1. The van der Waals surface area contributed by atoms with Gasteiger partial charge in [-0.05, 0) is 30.9 Å². The molecule has 0 heterocycles. The number of benzene rings is 1. The first-order valence-electron chi connectivity index (χ1n) is 6.06. The predicted molar refractivity (Wildman–Crippen MR) is 83.0 cm³/mol. The molecule has 1 atom stereocenters. The van der Waals surface area contributed by atoms with Crippen LogP contribution in [0.25, 0.3) is 0 Å². The van der Waals surface area contributed by atoms with E-state index in [0.717, 1.165) is 12.2 Å². The number of rotatable bonds is 6. The number of halogens is 1. The van der Waals surface area contributed by atoms with Gasteiger partial charge in [-0.1, -0.05) is 18.5 Å². The van der Waals surface area contributed by atoms with Gasteiger partial charge in [-0.2, -0.15) is 11.8 Å². The van der Waals surface area contributed by atoms with Gasteiger partial charge in [0.2, 0.25) is 0 Å². The van der Waals surface area contributed by atoms with Crippen LogP contribution in [0.5, 0.6) is 0 Å². The fraction of sp³-hybridized carbons (Fsp3) is 0.385. The summed E-state index contributed by atoms with van der Waals surface area (Å²) in [6.07, 6.45) is 2.79. The van der Waals surface area contributed by atoms with Crippen molar-refractivity contribution in [2.75, 3.05) is 17.3 Å². The Morgan fingerprint density at radius 3 is 2.65 bits per heavy atom. The molecule has 0 fully saturated rings. The van der Waals surface area contributed by atoms with E-state index in [4.69, 9.17) is 16.7 Å². The highest BCUT2D eigenvalue weighted by molar-refractivity contribution is 7.98. The first kappa shape index (κ1) is 16.7. The van der Waals surface area contributed by atoms with Crippen LogP contribution < -0.4 is 10.6 Å². The number of hydrogen-bond donors (Lipinski definition) is 3. The molecule has 0 aliphatic carbocycles. The fourth-order valence-corrected chi connectivity index (χ4v) is 2.56. The van der Waals surface area contributed by atoms with Crippen LogP contribution in [0, 0.1) is 0 Å². The molecule has 0 aromatic heterocycles. The van der Waals surface area contributed by atoms with Gasteiger partial charge in [0.1, 0.15) is 0 Å². The minimum Gasteiger partial charge on any atom is -0.478 e. The van der Waals surface area contributed by atoms with Gasteiger partial charge in [-0.25, -0.2) is 9.59 Å². The van der Waals surface area contributed by atoms with E-state index in [0.29, 0.717) is 5.69 Å². The third kappa shape index (κ3) is 5.30. The Kier molecular flexibility index (Phi) is 6.67. The van der Waals surface area contributed by atoms with Crippen molar-refractivity contribution in [1.82, 2.24) is 5.32 Å². The molecule has 110 valence electrons. The molecule has 0 saturated carbocycles. The van der Waals surface area contributed by atoms with E-state index in [9.17, 15) is 9.59 Å². The summed E-state index contributed by atoms with van der Waals surface area (Å²) in [7, 11) is 0. The molecule has 1 rings (SSSR count). The van der Waals surface area contributed by atoms with Crippen molar-refractivity contribution in [1.29, 1.82) is 0 Å². The van der Waals surface area contributed by atoms with Crippen molar-refractivity contribution in [3.05, 3.63) is 28.8 Å². The Morgan fingerprint density at radius 2 is 2.10 bits per heavy atom. The van der Waals surface area contributed by atoms with Crippen molar-refractivity contribution in [3.8, 4) is 0 Å². The van der Waals surface area contributed by atoms with Crippen molar-refractivity contribution < 1.29 is 14.7 Å². The molecule has 3 N–H and O–H groups in total. The minimum atomic E-state index is -1.09. The molecule has 1 aromatic carbocycles. The van der Waals surface area contributed by atoms with Crippen molar-refractivity contribution >= 4 is 41.1 Å². The van der Waals surface area contributed by atoms with Crippen molar-refractivity contribution in [2.45, 2.75) is 19.4 Å². The molecule has 20 heavy (non-hydrogen) atoms. The maximum Gasteiger partial charge on any atom is 0.335 e. The summed E-state index contributed by atoms with van der Waals surface area (Å²) in [6, 6.07) is 3.90. The summed E-state index contributed by atoms with van der Waals surface area (Å²) in [5.74, 6) is -0.274. The van der Waals surface area contributed by atoms with Gasteiger partial charge in [0.05, 0.1) is 5.56 Å². The number of carboxylic acid groups (broad SMARTS) is 1. The van der Waals surface area contributed by atoms with Crippen LogP contribution in [0.2, 0.25) is 5.02 Å². The van der Waals surface area contributed by atoms with Crippen LogP contribution in [0.4, 0.5) is 10.5 Å². The highest BCUT2D eigenvalue weighted by Crippen LogP contribution is 2.19. The maximum atomic E-state index is 11.8. The Balaban J connectivity index is 2.72. The van der Waals surface area contributed by atoms with Crippen LogP contribution in [0.1, 0.15) is 23.7 Å². The number of carbonyl (C=O) groups is 2. The molecule has 0 saturated heterocycles. The molecule has 0 bridgehead atoms. The molecule has 0 aliphatic rings. The van der Waals surface area contributed by atoms with Crippen molar-refractivity contribution in [2.24, 2.45) is 0 Å². The quantitative estimate of drug-likeness (QED) is 0.752. The molecule has 2 amide bonds. The lowest BCUT2D eigenvalue weighted by molar-refractivity contribution is 0.0697. The normalized spacial score (nSPS) is 11.8. The fourth-order valence-electron chi connectivity index (χ4n) is 1.60. The molecule has 5 nitrogen and oxygen atoms in total. The smallest absolute Gasteiger partial charge is 0.335 e. The van der Waals surface area contributed by atoms with Gasteiger partial charge >= 0.3 is 12.0 Å². The van der Waals surface area contributed by atoms with Crippen molar-refractivity contribution in [3.63, 3.8) is 0 Å². The van der Waals surface area contributed by atoms with Crippen LogP contribution in [-0.2, 0) is 0 Å². The van der Waals surface area contributed by atoms with Crippen LogP contribution in [0.15, 0.2) is 18.2 Å². The van der Waals surface area contributed by atoms with Gasteiger partial charge in [-0.3, -0.25) is 0 Å². The summed E-state index contributed by atoms with van der Waals surface area (Å²) in [6.45, 7) is 1.99. The minimum absolute atomic E-state index is 0.0314. The number of aromatic carboxylic acids is 1. The molecule has 0 aliphatic heterocycles. The zero-order chi connectivity index (χ0) is 15.1. The number of hydrogen-bond acceptors (Lipinski definition) is 3. The number of carboxylic acids is 1. The van der Waals surface area contributed by atoms with Gasteiger partial charge in [0, 0.05) is 22.5 Å². The first-order chi connectivity index (χ1) is 9.46. The molecule has 7 heteroatoms. The zero-order valence-electron chi connectivity index (χ0n) is 11.3. The van der Waals surface area contributed by atoms with Crippen LogP contribution in [-0.4, -0.2) is 35.2 Å². The Labute approximate surface area is 127 Å². The van der Waals surface area contributed by atoms with E-state index in [-0.39, 0.29) is 22.7 Å². The third-order valence-corrected chi connectivity index (χ3v) is 3.55. The average Bonchev–Trinajstić information content (AvgIpc) is 2.37. The summed E-state index contributed by atoms with van der Waals surface area (Å²) in [4.78, 5) is 22.7. The lowest BCUT2D eigenvalue weighted by atomic mass is 10.2. The molecule has 1 aromatic rings. The predicted octanol–water partition coefficient (Wildman–Crippen LogP) is 3.30. The highest BCUT2D eigenvalue weighted by atomic mass is 35.5. The summed E-state index contributed by atoms with van der Waals surface area (Å²) in [5.41, 5.74) is 0.385. The third-order valence-electron chi connectivity index (χ3n) is 2.60. The SMILES string of the molecule is CCC(CSC)NC(=O)Nc1cc(Cl)cc(C(=O)O)c1. The van der Waals surface area contributed by atoms with E-state index in [2.05, 4.69) is 10.6 Å². The largest absolute Gasteiger partial charge is 0.478 e. The Hall–Kier alpha value is -1.40. The van der Waals surface area contributed by atoms with Gasteiger partial charge < -0.3 is 15.7 Å². The standard InChI is InChI=1S/C13H17ClN2O3S/c1-3-10(7-20-2)15-13(19)16-11-5-8(12(17)18)4-9(14)6-11/h4-6,10H,3,7H2,1-2H3,(H,17,18)(H2,15,16,19). The van der Waals surface area contributed by atoms with Crippen LogP contribution >= 0.6 is 23.4 Å². The summed E-state index contributed by atoms with van der Waals surface area (Å²) in [5, 5.41) is 14.6. The second-order valence-electron chi connectivity index (χ2n) is 4.19. The van der Waals surface area contributed by atoms with Gasteiger partial charge in [0.15, 0.2) is 0 Å². The van der Waals surface area contributed by atoms with E-state index in [1.165, 1.54) is 18.2 Å². The number of thioether (sulfide) groups is 1. The van der Waals surface area contributed by atoms with Crippen LogP contribution in [0.3, 0.4) is 0 Å². The lowest BCUT2D eigenvalue weighted by Crippen LogP contribution is -2.39. The second-order valence-corrected chi connectivity index (χ2v) is 5.54. The number of carbonyl (C=O) groups excluding carboxylic acids is 1. The van der Waals surface area contributed by atoms with E-state index in [1.54, 1.807) is 11.8 Å². The topological polar surface area (TPSA) is 78.4 Å². The summed E-state index contributed by atoms with van der Waals surface area (Å²) < 4.78 is 0. The Bertz CT molecular complexity index is 497. The highest BCUT2D eigenvalue weighted by Gasteiger charge is 2.11. The van der Waals surface area contributed by atoms with E-state index < -0.39 is 5.97 Å². The van der Waals surface area contributed by atoms with E-state index >= 15 is 0 Å². The Morgan fingerprint density at radius 1 is 1.40 bits per heavy atom. The molecule has 0 radical (unpaired) electrons. The summed E-state index contributed by atoms with van der Waals surface area (Å²) >= 11 is 7.47. The molecular formula is C13H17ClN2O3S.